The van der Waals surface area contributed by atoms with Gasteiger partial charge in [-0.3, -0.25) is 9.69 Å². The first-order valence-corrected chi connectivity index (χ1v) is 8.36. The van der Waals surface area contributed by atoms with Crippen molar-refractivity contribution in [2.75, 3.05) is 6.54 Å². The highest BCUT2D eigenvalue weighted by atomic mass is 16.3. The number of fused-ring (bicyclic) bond motifs is 6. The predicted octanol–water partition coefficient (Wildman–Crippen LogP) is 0.540. The molecule has 2 saturated heterocycles. The second kappa shape index (κ2) is 5.18. The quantitative estimate of drug-likeness (QED) is 0.795. The van der Waals surface area contributed by atoms with Crippen molar-refractivity contribution in [2.45, 2.75) is 62.9 Å². The van der Waals surface area contributed by atoms with Gasteiger partial charge in [0.2, 0.25) is 0 Å². The van der Waals surface area contributed by atoms with Crippen LogP contribution in [0, 0.1) is 5.92 Å². The minimum atomic E-state index is -0.436. The zero-order valence-electron chi connectivity index (χ0n) is 12.9. The highest BCUT2D eigenvalue weighted by Crippen LogP contribution is 2.43. The van der Waals surface area contributed by atoms with Crippen molar-refractivity contribution < 1.29 is 10.2 Å². The molecule has 4 heterocycles. The maximum atomic E-state index is 12.2. The number of nitrogens with zero attached hydrogens (tertiary/aromatic N) is 2. The molecule has 0 saturated carbocycles. The van der Waals surface area contributed by atoms with Crippen molar-refractivity contribution in [3.05, 3.63) is 34.2 Å². The molecule has 5 heteroatoms. The molecular weight excluding hydrogens is 280 g/mol. The van der Waals surface area contributed by atoms with Crippen molar-refractivity contribution in [3.8, 4) is 0 Å². The summed E-state index contributed by atoms with van der Waals surface area (Å²) in [5, 5.41) is 20.3. The first kappa shape index (κ1) is 14.4. The van der Waals surface area contributed by atoms with Crippen molar-refractivity contribution >= 4 is 0 Å². The summed E-state index contributed by atoms with van der Waals surface area (Å²) in [7, 11) is 0. The van der Waals surface area contributed by atoms with E-state index in [1.807, 2.05) is 17.6 Å². The maximum absolute atomic E-state index is 12.2. The summed E-state index contributed by atoms with van der Waals surface area (Å²) >= 11 is 0. The monoisotopic (exact) mass is 304 g/mol. The van der Waals surface area contributed by atoms with Crippen LogP contribution in [0.1, 0.15) is 37.8 Å². The van der Waals surface area contributed by atoms with Crippen molar-refractivity contribution in [3.63, 3.8) is 0 Å². The number of aliphatic hydroxyl groups is 2. The molecule has 3 aliphatic heterocycles. The van der Waals surface area contributed by atoms with Gasteiger partial charge in [-0.2, -0.15) is 0 Å². The van der Waals surface area contributed by atoms with Crippen LogP contribution >= 0.6 is 0 Å². The fourth-order valence-electron chi connectivity index (χ4n) is 4.96. The molecule has 0 radical (unpaired) electrons. The van der Waals surface area contributed by atoms with E-state index in [2.05, 4.69) is 11.0 Å². The Morgan fingerprint density at radius 3 is 2.82 bits per heavy atom. The van der Waals surface area contributed by atoms with E-state index in [1.165, 1.54) is 0 Å². The van der Waals surface area contributed by atoms with Gasteiger partial charge >= 0.3 is 0 Å². The van der Waals surface area contributed by atoms with Gasteiger partial charge in [-0.15, -0.1) is 0 Å². The van der Waals surface area contributed by atoms with Crippen LogP contribution in [0.4, 0.5) is 0 Å². The molecule has 120 valence electrons. The number of aromatic nitrogens is 1. The first-order chi connectivity index (χ1) is 10.5. The number of hydrogen-bond donors (Lipinski definition) is 2. The van der Waals surface area contributed by atoms with Crippen LogP contribution in [0.25, 0.3) is 0 Å². The van der Waals surface area contributed by atoms with Gasteiger partial charge in [0.1, 0.15) is 0 Å². The Morgan fingerprint density at radius 1 is 1.23 bits per heavy atom. The first-order valence-electron chi connectivity index (χ1n) is 8.36. The Bertz CT molecular complexity index is 627. The van der Waals surface area contributed by atoms with Crippen molar-refractivity contribution in [1.82, 2.24) is 9.47 Å². The fourth-order valence-corrected chi connectivity index (χ4v) is 4.96. The number of pyridine rings is 1. The van der Waals surface area contributed by atoms with Crippen LogP contribution < -0.4 is 5.56 Å². The summed E-state index contributed by atoms with van der Waals surface area (Å²) < 4.78 is 1.93. The zero-order valence-corrected chi connectivity index (χ0v) is 12.9. The summed E-state index contributed by atoms with van der Waals surface area (Å²) in [5.74, 6) is 0.753. The van der Waals surface area contributed by atoms with Gasteiger partial charge in [-0.05, 0) is 38.2 Å². The van der Waals surface area contributed by atoms with E-state index in [0.717, 1.165) is 31.6 Å². The predicted molar refractivity (Wildman–Crippen MR) is 82.8 cm³/mol. The van der Waals surface area contributed by atoms with E-state index in [9.17, 15) is 15.0 Å². The molecule has 2 bridgehead atoms. The third-order valence-corrected chi connectivity index (χ3v) is 5.92. The summed E-state index contributed by atoms with van der Waals surface area (Å²) in [6.07, 6.45) is 1.72. The molecule has 2 N–H and O–H groups in total. The Labute approximate surface area is 130 Å². The normalized spacial score (nSPS) is 39.0. The molecule has 6 atom stereocenters. The molecule has 22 heavy (non-hydrogen) atoms. The lowest BCUT2D eigenvalue weighted by Crippen LogP contribution is -2.62. The Kier molecular flexibility index (Phi) is 3.40. The average Bonchev–Trinajstić information content (AvgIpc) is 2.48. The van der Waals surface area contributed by atoms with E-state index in [4.69, 9.17) is 0 Å². The molecule has 2 fully saturated rings. The molecular formula is C17H24N2O3. The van der Waals surface area contributed by atoms with Gasteiger partial charge in [0.25, 0.3) is 5.56 Å². The van der Waals surface area contributed by atoms with Crippen LogP contribution in [-0.2, 0) is 6.54 Å². The van der Waals surface area contributed by atoms with E-state index >= 15 is 0 Å². The van der Waals surface area contributed by atoms with Crippen LogP contribution in [0.3, 0.4) is 0 Å². The third kappa shape index (κ3) is 2.14. The number of piperidine rings is 2. The van der Waals surface area contributed by atoms with Gasteiger partial charge in [0, 0.05) is 42.9 Å². The lowest BCUT2D eigenvalue weighted by molar-refractivity contribution is -0.0898. The molecule has 0 amide bonds. The largest absolute Gasteiger partial charge is 0.393 e. The van der Waals surface area contributed by atoms with Crippen LogP contribution in [0.2, 0.25) is 0 Å². The smallest absolute Gasteiger partial charge is 0.250 e. The molecule has 3 aliphatic rings. The SMILES string of the molecule is CC(O)C1CC(O)CC2C3CC(CN12)c1cccc(=O)n1C3. The molecule has 1 aromatic rings. The molecule has 0 aliphatic carbocycles. The van der Waals surface area contributed by atoms with Crippen LogP contribution in [-0.4, -0.2) is 50.5 Å². The third-order valence-electron chi connectivity index (χ3n) is 5.92. The van der Waals surface area contributed by atoms with Gasteiger partial charge in [-0.1, -0.05) is 6.07 Å². The maximum Gasteiger partial charge on any atom is 0.250 e. The summed E-state index contributed by atoms with van der Waals surface area (Å²) in [6.45, 7) is 3.45. The molecule has 5 nitrogen and oxygen atoms in total. The Morgan fingerprint density at radius 2 is 2.05 bits per heavy atom. The average molecular weight is 304 g/mol. The van der Waals surface area contributed by atoms with Gasteiger partial charge in [0.05, 0.1) is 12.2 Å². The van der Waals surface area contributed by atoms with Gasteiger partial charge < -0.3 is 14.8 Å². The second-order valence-corrected chi connectivity index (χ2v) is 7.29. The van der Waals surface area contributed by atoms with E-state index in [-0.39, 0.29) is 23.7 Å². The van der Waals surface area contributed by atoms with Crippen LogP contribution in [0.5, 0.6) is 0 Å². The number of aliphatic hydroxyl groups excluding tert-OH is 2. The molecule has 1 aromatic heterocycles. The standard InChI is InChI=1S/C17H24N2O3/c1-10(20)15-6-13(21)7-16-12-5-11(8-18(15)16)14-3-2-4-17(22)19(14)9-12/h2-4,10-13,15-16,20-21H,5-9H2,1H3. The number of rotatable bonds is 1. The highest BCUT2D eigenvalue weighted by Gasteiger charge is 2.47. The Balaban J connectivity index is 1.72. The molecule has 6 unspecified atom stereocenters. The molecule has 0 spiro atoms. The van der Waals surface area contributed by atoms with E-state index in [0.29, 0.717) is 18.3 Å². The molecule has 0 aromatic carbocycles. The topological polar surface area (TPSA) is 65.7 Å². The summed E-state index contributed by atoms with van der Waals surface area (Å²) in [5.41, 5.74) is 1.22. The lowest BCUT2D eigenvalue weighted by atomic mass is 9.73. The van der Waals surface area contributed by atoms with Crippen LogP contribution in [0.15, 0.2) is 23.0 Å². The van der Waals surface area contributed by atoms with E-state index < -0.39 is 6.10 Å². The van der Waals surface area contributed by atoms with E-state index in [1.54, 1.807) is 6.07 Å². The molecule has 4 rings (SSSR count). The van der Waals surface area contributed by atoms with Crippen molar-refractivity contribution in [2.24, 2.45) is 5.92 Å². The van der Waals surface area contributed by atoms with Gasteiger partial charge in [-0.25, -0.2) is 0 Å². The van der Waals surface area contributed by atoms with Crippen molar-refractivity contribution in [1.29, 1.82) is 0 Å². The minimum Gasteiger partial charge on any atom is -0.393 e. The second-order valence-electron chi connectivity index (χ2n) is 7.29. The fraction of sp³-hybridized carbons (Fsp3) is 0.706. The Hall–Kier alpha value is -1.17. The summed E-state index contributed by atoms with van der Waals surface area (Å²) in [4.78, 5) is 14.6. The highest BCUT2D eigenvalue weighted by molar-refractivity contribution is 5.19. The summed E-state index contributed by atoms with van der Waals surface area (Å²) in [6, 6.07) is 5.86. The minimum absolute atomic E-state index is 0.0287. The zero-order chi connectivity index (χ0) is 15.4. The van der Waals surface area contributed by atoms with Gasteiger partial charge in [0.15, 0.2) is 0 Å². The lowest BCUT2D eigenvalue weighted by Gasteiger charge is -2.55. The number of hydrogen-bond acceptors (Lipinski definition) is 4.